The van der Waals surface area contributed by atoms with Gasteiger partial charge in [-0.2, -0.15) is 5.26 Å². The van der Waals surface area contributed by atoms with Crippen molar-refractivity contribution in [1.29, 1.82) is 0 Å². The number of carbonyl (C=O) groups is 1. The number of hydrogen-bond acceptors (Lipinski definition) is 5. The number of hydrogen-bond donors (Lipinski definition) is 1. The zero-order valence-corrected chi connectivity index (χ0v) is 24.2. The van der Waals surface area contributed by atoms with E-state index in [1.54, 1.807) is 12.1 Å². The topological polar surface area (TPSA) is 71.6 Å². The van der Waals surface area contributed by atoms with Crippen molar-refractivity contribution in [1.82, 2.24) is 0 Å². The van der Waals surface area contributed by atoms with Gasteiger partial charge in [-0.3, -0.25) is 4.89 Å². The van der Waals surface area contributed by atoms with Crippen molar-refractivity contribution in [2.24, 2.45) is 71.0 Å². The first-order valence-corrected chi connectivity index (χ1v) is 16.6. The zero-order valence-electron chi connectivity index (χ0n) is 23.4. The highest BCUT2D eigenvalue weighted by Gasteiger charge is 2.69. The van der Waals surface area contributed by atoms with Gasteiger partial charge in [-0.25, -0.2) is 4.79 Å². The zero-order chi connectivity index (χ0) is 27.4. The lowest BCUT2D eigenvalue weighted by Gasteiger charge is -2.31. The van der Waals surface area contributed by atoms with Crippen molar-refractivity contribution >= 4 is 17.6 Å². The predicted octanol–water partition coefficient (Wildman–Crippen LogP) is 7.02. The highest BCUT2D eigenvalue weighted by atomic mass is 35.5. The van der Waals surface area contributed by atoms with Gasteiger partial charge in [0, 0.05) is 23.8 Å². The van der Waals surface area contributed by atoms with Crippen molar-refractivity contribution in [3.63, 3.8) is 0 Å². The summed E-state index contributed by atoms with van der Waals surface area (Å²) in [6.45, 7) is 0. The number of rotatable bonds is 3. The van der Waals surface area contributed by atoms with Crippen LogP contribution in [0.3, 0.4) is 0 Å². The van der Waals surface area contributed by atoms with Crippen LogP contribution in [0.15, 0.2) is 42.5 Å². The third-order valence-corrected chi connectivity index (χ3v) is 13.3. The molecule has 5 nitrogen and oxygen atoms in total. The number of epoxide rings is 2. The summed E-state index contributed by atoms with van der Waals surface area (Å²) in [7, 11) is 0. The Bertz CT molecular complexity index is 1210. The van der Waals surface area contributed by atoms with Crippen LogP contribution in [-0.4, -0.2) is 35.6 Å². The summed E-state index contributed by atoms with van der Waals surface area (Å²) >= 11 is 5.56. The molecule has 2 saturated heterocycles. The second kappa shape index (κ2) is 9.63. The fourth-order valence-corrected chi connectivity index (χ4v) is 11.6. The first-order chi connectivity index (χ1) is 20.0. The summed E-state index contributed by atoms with van der Waals surface area (Å²) in [4.78, 5) is 14.1. The summed E-state index contributed by atoms with van der Waals surface area (Å²) in [6.07, 6.45) is 25.6. The molecule has 10 aliphatic rings. The highest BCUT2D eigenvalue weighted by Crippen LogP contribution is 2.67. The van der Waals surface area contributed by atoms with Crippen LogP contribution in [0, 0.1) is 77.1 Å². The average Bonchev–Trinajstić information content (AvgIpc) is 3.47. The molecule has 0 aromatic heterocycles. The quantitative estimate of drug-likeness (QED) is 0.138. The van der Waals surface area contributed by atoms with Gasteiger partial charge in [-0.15, -0.1) is 0 Å². The van der Waals surface area contributed by atoms with Crippen LogP contribution >= 0.6 is 11.6 Å². The molecule has 16 unspecified atom stereocenters. The lowest BCUT2D eigenvalue weighted by molar-refractivity contribution is -0.182. The Hall–Kier alpha value is -1.75. The highest BCUT2D eigenvalue weighted by molar-refractivity contribution is 6.30. The van der Waals surface area contributed by atoms with Gasteiger partial charge in [0.1, 0.15) is 0 Å². The Labute approximate surface area is 247 Å². The van der Waals surface area contributed by atoms with Gasteiger partial charge in [0.15, 0.2) is 12.0 Å². The van der Waals surface area contributed by atoms with Crippen molar-refractivity contribution in [2.75, 3.05) is 0 Å². The van der Waals surface area contributed by atoms with Crippen LogP contribution in [0.5, 0.6) is 0 Å². The second-order valence-corrected chi connectivity index (χ2v) is 15.3. The predicted molar refractivity (Wildman–Crippen MR) is 153 cm³/mol. The van der Waals surface area contributed by atoms with Gasteiger partial charge in [-0.1, -0.05) is 29.8 Å². The molecule has 1 N–H and O–H groups in total. The second-order valence-electron chi connectivity index (χ2n) is 14.9. The molecule has 1 aromatic carbocycles. The summed E-state index contributed by atoms with van der Waals surface area (Å²) in [5.74, 6) is 10.8. The van der Waals surface area contributed by atoms with E-state index >= 15 is 0 Å². The molecule has 6 saturated carbocycles. The molecule has 16 atom stereocenters. The van der Waals surface area contributed by atoms with Crippen LogP contribution in [-0.2, 0) is 14.4 Å². The maximum absolute atomic E-state index is 10.6. The molecular weight excluding hydrogens is 536 g/mol. The number of benzene rings is 1. The molecule has 1 aromatic rings. The lowest BCUT2D eigenvalue weighted by atomic mass is 9.72. The number of carbonyl (C=O) groups excluding carboxylic acids is 1. The summed E-state index contributed by atoms with van der Waals surface area (Å²) < 4.78 is 11.6. The minimum Gasteiger partial charge on any atom is -0.369 e. The van der Waals surface area contributed by atoms with E-state index in [1.807, 2.05) is 0 Å². The molecular formula is C35H40ClO5+. The van der Waals surface area contributed by atoms with E-state index in [-0.39, 0.29) is 5.56 Å². The molecule has 0 radical (unpaired) electrons. The van der Waals surface area contributed by atoms with E-state index in [2.05, 4.69) is 29.2 Å². The number of ether oxygens (including phenoxy) is 2. The van der Waals surface area contributed by atoms with Crippen molar-refractivity contribution < 1.29 is 24.4 Å². The van der Waals surface area contributed by atoms with Crippen LogP contribution < -0.4 is 0 Å². The number of fused-ring (bicyclic) bond motifs is 14. The Kier molecular flexibility index (Phi) is 6.04. The Morgan fingerprint density at radius 3 is 1.95 bits per heavy atom. The fourth-order valence-electron chi connectivity index (χ4n) is 11.5. The van der Waals surface area contributed by atoms with Crippen LogP contribution in [0.1, 0.15) is 61.7 Å². The Balaban J connectivity index is 0.0000000900. The van der Waals surface area contributed by atoms with Crippen LogP contribution in [0.2, 0.25) is 5.02 Å². The molecule has 41 heavy (non-hydrogen) atoms. The monoisotopic (exact) mass is 575 g/mol. The number of halogens is 1. The molecule has 216 valence electrons. The van der Waals surface area contributed by atoms with Gasteiger partial charge in [-0.05, 0) is 116 Å². The van der Waals surface area contributed by atoms with Crippen LogP contribution in [0.4, 0.5) is 0 Å². The summed E-state index contributed by atoms with van der Waals surface area (Å²) in [5.41, 5.74) is 0.222. The van der Waals surface area contributed by atoms with E-state index in [1.165, 1.54) is 63.5 Å². The van der Waals surface area contributed by atoms with E-state index in [9.17, 15) is 4.79 Å². The van der Waals surface area contributed by atoms with E-state index < -0.39 is 5.97 Å². The third kappa shape index (κ3) is 4.29. The van der Waals surface area contributed by atoms with Gasteiger partial charge < -0.3 is 9.47 Å². The average molecular weight is 576 g/mol. The Morgan fingerprint density at radius 2 is 1.46 bits per heavy atom. The third-order valence-electron chi connectivity index (χ3n) is 13.1. The maximum atomic E-state index is 10.6. The molecule has 6 heteroatoms. The SMILES string of the molecule is C1C2CC(C1C1CC3CC1C1OC31)C1OC21.O=C(OO)c1cccc(Cl)c1.[C+]1=CC2CC1CC2C1CC2C=CC1C2. The first-order valence-electron chi connectivity index (χ1n) is 16.2. The summed E-state index contributed by atoms with van der Waals surface area (Å²) in [5, 5.41) is 8.41. The molecule has 8 bridgehead atoms. The van der Waals surface area contributed by atoms with Crippen molar-refractivity contribution in [3.8, 4) is 0 Å². The van der Waals surface area contributed by atoms with Gasteiger partial charge in [0.05, 0.1) is 30.0 Å². The molecule has 11 rings (SSSR count). The van der Waals surface area contributed by atoms with E-state index in [4.69, 9.17) is 26.3 Å². The number of allylic oxidation sites excluding steroid dienone is 4. The van der Waals surface area contributed by atoms with Gasteiger partial charge >= 0.3 is 5.97 Å². The van der Waals surface area contributed by atoms with Gasteiger partial charge in [0.25, 0.3) is 0 Å². The van der Waals surface area contributed by atoms with Crippen molar-refractivity contribution in [2.45, 2.75) is 75.8 Å². The largest absolute Gasteiger partial charge is 0.372 e. The summed E-state index contributed by atoms with van der Waals surface area (Å²) in [6, 6.07) is 6.11. The molecule has 2 heterocycles. The van der Waals surface area contributed by atoms with Crippen molar-refractivity contribution in [3.05, 3.63) is 59.2 Å². The normalized spacial score (nSPS) is 51.9. The molecule has 8 fully saturated rings. The molecule has 8 aliphatic carbocycles. The minimum atomic E-state index is -0.813. The smallest absolute Gasteiger partial charge is 0.369 e. The van der Waals surface area contributed by atoms with Gasteiger partial charge in [0.2, 0.25) is 6.08 Å². The van der Waals surface area contributed by atoms with E-state index in [0.717, 1.165) is 71.0 Å². The molecule has 0 amide bonds. The first kappa shape index (κ1) is 25.7. The van der Waals surface area contributed by atoms with E-state index in [0.29, 0.717) is 29.4 Å². The Morgan fingerprint density at radius 1 is 0.780 bits per heavy atom. The maximum Gasteiger partial charge on any atom is 0.372 e. The lowest BCUT2D eigenvalue weighted by Crippen LogP contribution is -2.31. The standard InChI is InChI=1S/C14H18O2.C14H17.C7H5ClO3/c1-5-3-9(13-11(5)15-13)7(1)8-2-6-4-10(8)14-12(6)16-14;1-3-11-5-9(1)7-13(11)14-8-10-2-4-12(14)6-10;8-6-3-1-2-5(4-6)7(9)11-10/h5-14H,1-4H2;1,3-4,9-14H,5-8H2;1-4,10H/q;+1;. The molecule has 0 spiro atoms. The molecule has 2 aliphatic heterocycles. The fraction of sp³-hybridized carbons (Fsp3) is 0.686. The van der Waals surface area contributed by atoms with Crippen LogP contribution in [0.25, 0.3) is 0 Å². The minimum absolute atomic E-state index is 0.222.